The molecule has 0 aromatic carbocycles. The summed E-state index contributed by atoms with van der Waals surface area (Å²) in [6.45, 7) is 6.94. The van der Waals surface area contributed by atoms with E-state index in [1.165, 1.54) is 0 Å². The Kier molecular flexibility index (Phi) is 7.23. The minimum atomic E-state index is 0.185. The molecule has 1 fully saturated rings. The Labute approximate surface area is 110 Å². The van der Waals surface area contributed by atoms with Gasteiger partial charge in [0, 0.05) is 38.6 Å². The molecule has 1 N–H and O–H groups in total. The van der Waals surface area contributed by atoms with E-state index in [9.17, 15) is 4.79 Å². The van der Waals surface area contributed by atoms with Crippen LogP contribution in [-0.2, 0) is 9.53 Å². The topological polar surface area (TPSA) is 44.8 Å². The second kappa shape index (κ2) is 8.45. The SMILES string of the molecule is CCCN(CCN(C)C)C(=O)CC1COCCN1. The summed E-state index contributed by atoms with van der Waals surface area (Å²) in [5, 5.41) is 3.33. The molecule has 0 aliphatic carbocycles. The Morgan fingerprint density at radius 1 is 1.33 bits per heavy atom. The Balaban J connectivity index is 2.37. The second-order valence-electron chi connectivity index (χ2n) is 5.11. The first-order valence-corrected chi connectivity index (χ1v) is 6.87. The third-order valence-corrected chi connectivity index (χ3v) is 3.08. The van der Waals surface area contributed by atoms with Crippen LogP contribution in [0.2, 0.25) is 0 Å². The van der Waals surface area contributed by atoms with Gasteiger partial charge in [-0.05, 0) is 20.5 Å². The molecule has 0 bridgehead atoms. The van der Waals surface area contributed by atoms with Crippen LogP contribution in [0, 0.1) is 0 Å². The zero-order valence-electron chi connectivity index (χ0n) is 11.9. The van der Waals surface area contributed by atoms with Gasteiger partial charge in [0.2, 0.25) is 5.91 Å². The smallest absolute Gasteiger partial charge is 0.224 e. The van der Waals surface area contributed by atoms with Crippen molar-refractivity contribution in [2.75, 3.05) is 53.5 Å². The van der Waals surface area contributed by atoms with E-state index in [1.807, 2.05) is 19.0 Å². The molecule has 1 aliphatic heterocycles. The fourth-order valence-electron chi connectivity index (χ4n) is 2.04. The standard InChI is InChI=1S/C13H27N3O2/c1-4-6-16(8-7-15(2)3)13(17)10-12-11-18-9-5-14-12/h12,14H,4-11H2,1-3H3. The normalized spacial score (nSPS) is 20.1. The van der Waals surface area contributed by atoms with E-state index in [0.717, 1.165) is 39.2 Å². The van der Waals surface area contributed by atoms with Gasteiger partial charge in [-0.25, -0.2) is 0 Å². The molecule has 106 valence electrons. The van der Waals surface area contributed by atoms with Crippen molar-refractivity contribution in [1.82, 2.24) is 15.1 Å². The minimum Gasteiger partial charge on any atom is -0.378 e. The number of ether oxygens (including phenoxy) is 1. The predicted molar refractivity (Wildman–Crippen MR) is 72.7 cm³/mol. The van der Waals surface area contributed by atoms with Crippen LogP contribution in [-0.4, -0.2) is 75.2 Å². The van der Waals surface area contributed by atoms with Gasteiger partial charge in [-0.1, -0.05) is 6.92 Å². The molecule has 1 aliphatic rings. The summed E-state index contributed by atoms with van der Waals surface area (Å²) in [5.74, 6) is 0.238. The summed E-state index contributed by atoms with van der Waals surface area (Å²) in [4.78, 5) is 16.3. The molecule has 5 nitrogen and oxygen atoms in total. The molecule has 1 amide bonds. The molecule has 0 radical (unpaired) electrons. The van der Waals surface area contributed by atoms with E-state index < -0.39 is 0 Å². The van der Waals surface area contributed by atoms with Gasteiger partial charge in [-0.15, -0.1) is 0 Å². The zero-order valence-corrected chi connectivity index (χ0v) is 11.9. The Morgan fingerprint density at radius 2 is 2.11 bits per heavy atom. The Hall–Kier alpha value is -0.650. The van der Waals surface area contributed by atoms with Crippen molar-refractivity contribution in [3.8, 4) is 0 Å². The third-order valence-electron chi connectivity index (χ3n) is 3.08. The van der Waals surface area contributed by atoms with Crippen LogP contribution >= 0.6 is 0 Å². The monoisotopic (exact) mass is 257 g/mol. The number of nitrogens with zero attached hydrogens (tertiary/aromatic N) is 2. The van der Waals surface area contributed by atoms with Crippen LogP contribution < -0.4 is 5.32 Å². The number of carbonyl (C=O) groups is 1. The minimum absolute atomic E-state index is 0.185. The van der Waals surface area contributed by atoms with Crippen molar-refractivity contribution in [1.29, 1.82) is 0 Å². The van der Waals surface area contributed by atoms with E-state index in [1.54, 1.807) is 0 Å². The van der Waals surface area contributed by atoms with Crippen LogP contribution in [0.1, 0.15) is 19.8 Å². The lowest BCUT2D eigenvalue weighted by atomic mass is 10.1. The summed E-state index contributed by atoms with van der Waals surface area (Å²) in [5.41, 5.74) is 0. The van der Waals surface area contributed by atoms with E-state index in [-0.39, 0.29) is 11.9 Å². The van der Waals surface area contributed by atoms with Crippen molar-refractivity contribution < 1.29 is 9.53 Å². The Bertz CT molecular complexity index is 240. The average molecular weight is 257 g/mol. The van der Waals surface area contributed by atoms with Crippen LogP contribution in [0.3, 0.4) is 0 Å². The summed E-state index contributed by atoms with van der Waals surface area (Å²) < 4.78 is 5.38. The van der Waals surface area contributed by atoms with E-state index in [4.69, 9.17) is 4.74 Å². The maximum absolute atomic E-state index is 12.2. The summed E-state index contributed by atoms with van der Waals surface area (Å²) in [7, 11) is 4.07. The number of hydrogen-bond acceptors (Lipinski definition) is 4. The first kappa shape index (κ1) is 15.4. The first-order valence-electron chi connectivity index (χ1n) is 6.87. The summed E-state index contributed by atoms with van der Waals surface area (Å²) in [6, 6.07) is 0.185. The lowest BCUT2D eigenvalue weighted by Crippen LogP contribution is -2.46. The van der Waals surface area contributed by atoms with Gasteiger partial charge in [0.25, 0.3) is 0 Å². The van der Waals surface area contributed by atoms with Crippen molar-refractivity contribution in [2.45, 2.75) is 25.8 Å². The highest BCUT2D eigenvalue weighted by Gasteiger charge is 2.20. The number of hydrogen-bond donors (Lipinski definition) is 1. The number of rotatable bonds is 7. The van der Waals surface area contributed by atoms with E-state index in [0.29, 0.717) is 13.0 Å². The number of nitrogens with one attached hydrogen (secondary N) is 1. The molecule has 0 aromatic rings. The van der Waals surface area contributed by atoms with Crippen LogP contribution in [0.4, 0.5) is 0 Å². The molecule has 18 heavy (non-hydrogen) atoms. The molecule has 0 saturated carbocycles. The number of morpholine rings is 1. The lowest BCUT2D eigenvalue weighted by Gasteiger charge is -2.28. The quantitative estimate of drug-likeness (QED) is 0.706. The van der Waals surface area contributed by atoms with Gasteiger partial charge >= 0.3 is 0 Å². The average Bonchev–Trinajstić information content (AvgIpc) is 2.35. The summed E-state index contributed by atoms with van der Waals surface area (Å²) >= 11 is 0. The second-order valence-corrected chi connectivity index (χ2v) is 5.11. The highest BCUT2D eigenvalue weighted by atomic mass is 16.5. The Morgan fingerprint density at radius 3 is 2.67 bits per heavy atom. The molecular weight excluding hydrogens is 230 g/mol. The molecule has 1 unspecified atom stereocenters. The summed E-state index contributed by atoms with van der Waals surface area (Å²) in [6.07, 6.45) is 1.56. The van der Waals surface area contributed by atoms with Gasteiger partial charge in [0.15, 0.2) is 0 Å². The number of amides is 1. The third kappa shape index (κ3) is 5.80. The molecule has 0 aromatic heterocycles. The molecule has 1 rings (SSSR count). The largest absolute Gasteiger partial charge is 0.378 e. The number of likely N-dealkylation sites (N-methyl/N-ethyl adjacent to an activating group) is 1. The predicted octanol–water partition coefficient (Wildman–Crippen LogP) is 0.165. The fourth-order valence-corrected chi connectivity index (χ4v) is 2.04. The van der Waals surface area contributed by atoms with Crippen molar-refractivity contribution in [3.05, 3.63) is 0 Å². The zero-order chi connectivity index (χ0) is 13.4. The van der Waals surface area contributed by atoms with Crippen LogP contribution in [0.5, 0.6) is 0 Å². The highest BCUT2D eigenvalue weighted by Crippen LogP contribution is 2.04. The molecule has 1 saturated heterocycles. The maximum Gasteiger partial charge on any atom is 0.224 e. The molecule has 5 heteroatoms. The molecule has 0 spiro atoms. The lowest BCUT2D eigenvalue weighted by molar-refractivity contribution is -0.132. The van der Waals surface area contributed by atoms with Gasteiger partial charge in [0.05, 0.1) is 13.2 Å². The maximum atomic E-state index is 12.2. The van der Waals surface area contributed by atoms with Gasteiger partial charge in [0.1, 0.15) is 0 Å². The van der Waals surface area contributed by atoms with Crippen molar-refractivity contribution >= 4 is 5.91 Å². The van der Waals surface area contributed by atoms with E-state index in [2.05, 4.69) is 17.1 Å². The van der Waals surface area contributed by atoms with E-state index >= 15 is 0 Å². The van der Waals surface area contributed by atoms with Gasteiger partial charge in [-0.2, -0.15) is 0 Å². The first-order chi connectivity index (χ1) is 8.63. The van der Waals surface area contributed by atoms with Crippen molar-refractivity contribution in [3.63, 3.8) is 0 Å². The van der Waals surface area contributed by atoms with Crippen LogP contribution in [0.25, 0.3) is 0 Å². The molecular formula is C13H27N3O2. The molecule has 1 atom stereocenters. The highest BCUT2D eigenvalue weighted by molar-refractivity contribution is 5.76. The molecule has 1 heterocycles. The van der Waals surface area contributed by atoms with Gasteiger partial charge in [-0.3, -0.25) is 4.79 Å². The fraction of sp³-hybridized carbons (Fsp3) is 0.923. The van der Waals surface area contributed by atoms with Crippen LogP contribution in [0.15, 0.2) is 0 Å². The van der Waals surface area contributed by atoms with Crippen molar-refractivity contribution in [2.24, 2.45) is 0 Å². The van der Waals surface area contributed by atoms with Gasteiger partial charge < -0.3 is 19.9 Å². The number of carbonyl (C=O) groups excluding carboxylic acids is 1.